The molecule has 1 aromatic carbocycles. The fourth-order valence-electron chi connectivity index (χ4n) is 2.49. The molecule has 0 aliphatic carbocycles. The molecule has 1 heterocycles. The molecule has 120 valence electrons. The Kier molecular flexibility index (Phi) is 5.91. The number of carbonyl (C=O) groups is 1. The summed E-state index contributed by atoms with van der Waals surface area (Å²) in [5.41, 5.74) is 2.05. The van der Waals surface area contributed by atoms with Gasteiger partial charge in [0, 0.05) is 20.2 Å². The quantitative estimate of drug-likeness (QED) is 0.725. The van der Waals surface area contributed by atoms with E-state index in [4.69, 9.17) is 4.74 Å². The van der Waals surface area contributed by atoms with Gasteiger partial charge in [0.1, 0.15) is 5.82 Å². The standard InChI is InChI=1S/C16H24N4O2/c1-4-20-14-8-6-5-7-13(14)19-16(20)12(2)18-15(21)11-17-9-10-22-3/h5-8,12,17H,4,9-11H2,1-3H3,(H,18,21). The van der Waals surface area contributed by atoms with Gasteiger partial charge in [0.05, 0.1) is 30.2 Å². The van der Waals surface area contributed by atoms with Gasteiger partial charge < -0.3 is 19.9 Å². The number of nitrogens with one attached hydrogen (secondary N) is 2. The molecule has 0 aliphatic rings. The van der Waals surface area contributed by atoms with Gasteiger partial charge in [0.2, 0.25) is 5.91 Å². The molecular weight excluding hydrogens is 280 g/mol. The van der Waals surface area contributed by atoms with E-state index in [0.29, 0.717) is 13.2 Å². The third kappa shape index (κ3) is 3.84. The molecule has 0 fully saturated rings. The second kappa shape index (κ2) is 7.91. The Labute approximate surface area is 130 Å². The third-order valence-corrected chi connectivity index (χ3v) is 3.53. The van der Waals surface area contributed by atoms with Gasteiger partial charge in [0.15, 0.2) is 0 Å². The van der Waals surface area contributed by atoms with Crippen molar-refractivity contribution in [2.24, 2.45) is 0 Å². The summed E-state index contributed by atoms with van der Waals surface area (Å²) in [6.45, 7) is 6.39. The van der Waals surface area contributed by atoms with Crippen molar-refractivity contribution in [3.63, 3.8) is 0 Å². The minimum atomic E-state index is -0.135. The van der Waals surface area contributed by atoms with Gasteiger partial charge in [0.25, 0.3) is 0 Å². The number of aromatic nitrogens is 2. The van der Waals surface area contributed by atoms with E-state index < -0.39 is 0 Å². The maximum Gasteiger partial charge on any atom is 0.234 e. The normalized spacial score (nSPS) is 12.5. The molecule has 2 aromatic rings. The topological polar surface area (TPSA) is 68.2 Å². The fraction of sp³-hybridized carbons (Fsp3) is 0.500. The van der Waals surface area contributed by atoms with E-state index in [9.17, 15) is 4.79 Å². The molecule has 2 rings (SSSR count). The summed E-state index contributed by atoms with van der Waals surface area (Å²) in [5.74, 6) is 0.840. The summed E-state index contributed by atoms with van der Waals surface area (Å²) >= 11 is 0. The molecule has 22 heavy (non-hydrogen) atoms. The number of hydrogen-bond donors (Lipinski definition) is 2. The van der Waals surface area contributed by atoms with Crippen molar-refractivity contribution in [2.75, 3.05) is 26.8 Å². The first-order valence-electron chi connectivity index (χ1n) is 7.61. The van der Waals surface area contributed by atoms with Crippen molar-refractivity contribution in [3.8, 4) is 0 Å². The van der Waals surface area contributed by atoms with Gasteiger partial charge >= 0.3 is 0 Å². The number of amides is 1. The number of hydrogen-bond acceptors (Lipinski definition) is 4. The zero-order valence-electron chi connectivity index (χ0n) is 13.4. The lowest BCUT2D eigenvalue weighted by atomic mass is 10.3. The molecule has 1 unspecified atom stereocenters. The predicted octanol–water partition coefficient (Wildman–Crippen LogP) is 1.47. The first-order valence-corrected chi connectivity index (χ1v) is 7.61. The van der Waals surface area contributed by atoms with Crippen molar-refractivity contribution in [2.45, 2.75) is 26.4 Å². The highest BCUT2D eigenvalue weighted by Crippen LogP contribution is 2.20. The molecule has 6 nitrogen and oxygen atoms in total. The van der Waals surface area contributed by atoms with E-state index in [1.54, 1.807) is 7.11 Å². The van der Waals surface area contributed by atoms with E-state index in [0.717, 1.165) is 23.4 Å². The fourth-order valence-corrected chi connectivity index (χ4v) is 2.49. The van der Waals surface area contributed by atoms with Crippen molar-refractivity contribution in [3.05, 3.63) is 30.1 Å². The summed E-state index contributed by atoms with van der Waals surface area (Å²) < 4.78 is 7.07. The van der Waals surface area contributed by atoms with Crippen LogP contribution in [-0.4, -0.2) is 42.3 Å². The molecule has 0 bridgehead atoms. The number of benzene rings is 1. The molecule has 0 aliphatic heterocycles. The van der Waals surface area contributed by atoms with Gasteiger partial charge in [-0.3, -0.25) is 4.79 Å². The average Bonchev–Trinajstić information content (AvgIpc) is 2.90. The van der Waals surface area contributed by atoms with Crippen LogP contribution in [0.3, 0.4) is 0 Å². The lowest BCUT2D eigenvalue weighted by Crippen LogP contribution is -2.37. The van der Waals surface area contributed by atoms with Crippen LogP contribution in [0.15, 0.2) is 24.3 Å². The Balaban J connectivity index is 2.03. The molecule has 2 N–H and O–H groups in total. The van der Waals surface area contributed by atoms with Crippen LogP contribution in [0.1, 0.15) is 25.7 Å². The van der Waals surface area contributed by atoms with Gasteiger partial charge in [-0.15, -0.1) is 0 Å². The zero-order valence-corrected chi connectivity index (χ0v) is 13.4. The Morgan fingerprint density at radius 2 is 2.18 bits per heavy atom. The number of imidazole rings is 1. The van der Waals surface area contributed by atoms with E-state index in [1.807, 2.05) is 25.1 Å². The summed E-state index contributed by atoms with van der Waals surface area (Å²) in [6, 6.07) is 7.89. The van der Waals surface area contributed by atoms with Gasteiger partial charge in [-0.05, 0) is 26.0 Å². The van der Waals surface area contributed by atoms with Crippen molar-refractivity contribution < 1.29 is 9.53 Å². The minimum absolute atomic E-state index is 0.0432. The van der Waals surface area contributed by atoms with E-state index in [-0.39, 0.29) is 18.5 Å². The number of rotatable bonds is 8. The number of para-hydroxylation sites is 2. The molecule has 1 amide bonds. The lowest BCUT2D eigenvalue weighted by molar-refractivity contribution is -0.120. The monoisotopic (exact) mass is 304 g/mol. The molecule has 0 radical (unpaired) electrons. The van der Waals surface area contributed by atoms with Crippen LogP contribution >= 0.6 is 0 Å². The van der Waals surface area contributed by atoms with E-state index >= 15 is 0 Å². The third-order valence-electron chi connectivity index (χ3n) is 3.53. The summed E-state index contributed by atoms with van der Waals surface area (Å²) in [4.78, 5) is 16.6. The highest BCUT2D eigenvalue weighted by Gasteiger charge is 2.17. The van der Waals surface area contributed by atoms with Crippen molar-refractivity contribution >= 4 is 16.9 Å². The number of methoxy groups -OCH3 is 1. The molecule has 6 heteroatoms. The minimum Gasteiger partial charge on any atom is -0.383 e. The van der Waals surface area contributed by atoms with Crippen molar-refractivity contribution in [1.29, 1.82) is 0 Å². The van der Waals surface area contributed by atoms with Crippen LogP contribution in [-0.2, 0) is 16.1 Å². The smallest absolute Gasteiger partial charge is 0.234 e. The Morgan fingerprint density at radius 3 is 2.91 bits per heavy atom. The number of carbonyl (C=O) groups excluding carboxylic acids is 1. The molecular formula is C16H24N4O2. The van der Waals surface area contributed by atoms with E-state index in [1.165, 1.54) is 0 Å². The number of aryl methyl sites for hydroxylation is 1. The van der Waals surface area contributed by atoms with Gasteiger partial charge in [-0.1, -0.05) is 12.1 Å². The largest absolute Gasteiger partial charge is 0.383 e. The van der Waals surface area contributed by atoms with Crippen LogP contribution in [0.25, 0.3) is 11.0 Å². The van der Waals surface area contributed by atoms with E-state index in [2.05, 4.69) is 33.2 Å². The molecule has 0 spiro atoms. The van der Waals surface area contributed by atoms with Gasteiger partial charge in [-0.2, -0.15) is 0 Å². The molecule has 0 saturated carbocycles. The predicted molar refractivity (Wildman–Crippen MR) is 86.7 cm³/mol. The van der Waals surface area contributed by atoms with Crippen molar-refractivity contribution in [1.82, 2.24) is 20.2 Å². The zero-order chi connectivity index (χ0) is 15.9. The maximum atomic E-state index is 12.0. The highest BCUT2D eigenvalue weighted by atomic mass is 16.5. The Hall–Kier alpha value is -1.92. The SMILES string of the molecule is CCn1c(C(C)NC(=O)CNCCOC)nc2ccccc21. The first-order chi connectivity index (χ1) is 10.7. The summed E-state index contributed by atoms with van der Waals surface area (Å²) in [5, 5.41) is 6.02. The second-order valence-electron chi connectivity index (χ2n) is 5.16. The Bertz CT molecular complexity index is 624. The maximum absolute atomic E-state index is 12.0. The lowest BCUT2D eigenvalue weighted by Gasteiger charge is -2.15. The summed E-state index contributed by atoms with van der Waals surface area (Å²) in [6.07, 6.45) is 0. The molecule has 0 saturated heterocycles. The Morgan fingerprint density at radius 1 is 1.41 bits per heavy atom. The molecule has 1 atom stereocenters. The molecule has 1 aromatic heterocycles. The number of nitrogens with zero attached hydrogens (tertiary/aromatic N) is 2. The number of ether oxygens (including phenoxy) is 1. The number of fused-ring (bicyclic) bond motifs is 1. The first kappa shape index (κ1) is 16.5. The average molecular weight is 304 g/mol. The van der Waals surface area contributed by atoms with Gasteiger partial charge in [-0.25, -0.2) is 4.98 Å². The van der Waals surface area contributed by atoms with Crippen LogP contribution in [0.5, 0.6) is 0 Å². The second-order valence-corrected chi connectivity index (χ2v) is 5.16. The summed E-state index contributed by atoms with van der Waals surface area (Å²) in [7, 11) is 1.64. The van der Waals surface area contributed by atoms with Crippen LogP contribution in [0, 0.1) is 0 Å². The van der Waals surface area contributed by atoms with Crippen LogP contribution in [0.4, 0.5) is 0 Å². The van der Waals surface area contributed by atoms with Crippen LogP contribution < -0.4 is 10.6 Å². The highest BCUT2D eigenvalue weighted by molar-refractivity contribution is 5.79. The van der Waals surface area contributed by atoms with Crippen LogP contribution in [0.2, 0.25) is 0 Å².